The van der Waals surface area contributed by atoms with Gasteiger partial charge in [-0.15, -0.1) is 10.2 Å². The van der Waals surface area contributed by atoms with E-state index in [0.29, 0.717) is 13.1 Å². The third kappa shape index (κ3) is 3.48. The molecular weight excluding hydrogens is 299 g/mol. The van der Waals surface area contributed by atoms with Crippen molar-refractivity contribution >= 4 is 17.4 Å². The summed E-state index contributed by atoms with van der Waals surface area (Å²) >= 11 is 0. The van der Waals surface area contributed by atoms with Crippen LogP contribution in [-0.4, -0.2) is 64.3 Å². The molecule has 1 aromatic carbocycles. The summed E-state index contributed by atoms with van der Waals surface area (Å²) in [5.41, 5.74) is 0.434. The number of benzene rings is 1. The number of hydrogen-bond acceptors (Lipinski definition) is 5. The van der Waals surface area contributed by atoms with Gasteiger partial charge in [0.1, 0.15) is 5.82 Å². The van der Waals surface area contributed by atoms with Gasteiger partial charge in [0.25, 0.3) is 5.91 Å². The quantitative estimate of drug-likeness (QED) is 0.896. The summed E-state index contributed by atoms with van der Waals surface area (Å²) in [4.78, 5) is 16.6. The molecule has 0 aliphatic carbocycles. The molecule has 23 heavy (non-hydrogen) atoms. The number of anilines is 2. The summed E-state index contributed by atoms with van der Waals surface area (Å²) in [6, 6.07) is 6.23. The van der Waals surface area contributed by atoms with E-state index in [0.717, 1.165) is 19.5 Å². The Morgan fingerprint density at radius 1 is 1.22 bits per heavy atom. The van der Waals surface area contributed by atoms with Gasteiger partial charge in [0.05, 0.1) is 5.69 Å². The molecule has 0 spiro atoms. The molecule has 2 heterocycles. The second-order valence-electron chi connectivity index (χ2n) is 5.57. The fourth-order valence-corrected chi connectivity index (χ4v) is 2.56. The van der Waals surface area contributed by atoms with Gasteiger partial charge < -0.3 is 15.1 Å². The van der Waals surface area contributed by atoms with Crippen LogP contribution in [0.2, 0.25) is 0 Å². The van der Waals surface area contributed by atoms with Crippen LogP contribution in [0, 0.1) is 5.82 Å². The van der Waals surface area contributed by atoms with Crippen LogP contribution in [0.1, 0.15) is 16.9 Å². The highest BCUT2D eigenvalue weighted by atomic mass is 19.1. The number of amides is 1. The zero-order chi connectivity index (χ0) is 16.2. The Morgan fingerprint density at radius 2 is 2.04 bits per heavy atom. The minimum absolute atomic E-state index is 0.179. The largest absolute Gasteiger partial charge is 0.336 e. The zero-order valence-corrected chi connectivity index (χ0v) is 12.9. The fraction of sp³-hybridized carbons (Fsp3) is 0.400. The van der Waals surface area contributed by atoms with Crippen LogP contribution in [0.4, 0.5) is 15.9 Å². The van der Waals surface area contributed by atoms with Crippen molar-refractivity contribution in [1.29, 1.82) is 0 Å². The average Bonchev–Trinajstić information content (AvgIpc) is 2.89. The van der Waals surface area contributed by atoms with Crippen LogP contribution in [0.5, 0.6) is 0 Å². The van der Waals surface area contributed by atoms with Gasteiger partial charge in [-0.05, 0) is 32.1 Å². The van der Waals surface area contributed by atoms with Crippen LogP contribution < -0.4 is 5.32 Å². The first kappa shape index (κ1) is 15.4. The Balaban J connectivity index is 1.77. The van der Waals surface area contributed by atoms with Gasteiger partial charge in [0.2, 0.25) is 0 Å². The average molecular weight is 318 g/mol. The lowest BCUT2D eigenvalue weighted by Gasteiger charge is -2.19. The van der Waals surface area contributed by atoms with Crippen molar-refractivity contribution in [2.45, 2.75) is 6.42 Å². The number of aromatic amines is 1. The maximum Gasteiger partial charge on any atom is 0.278 e. The Labute approximate surface area is 133 Å². The maximum atomic E-state index is 13.7. The van der Waals surface area contributed by atoms with Crippen molar-refractivity contribution in [2.24, 2.45) is 0 Å². The summed E-state index contributed by atoms with van der Waals surface area (Å²) in [6.45, 7) is 3.10. The van der Waals surface area contributed by atoms with Gasteiger partial charge in [0.15, 0.2) is 11.5 Å². The standard InChI is InChI=1S/C15H19FN6O/c1-21-7-4-8-22(10-9-21)15(23)13-14(19-20-18-13)17-12-6-3-2-5-11(12)16/h2-3,5-6H,4,7-10H2,1H3,(H2,17,18,19,20). The lowest BCUT2D eigenvalue weighted by molar-refractivity contribution is 0.0758. The number of halogens is 1. The van der Waals surface area contributed by atoms with Crippen LogP contribution in [-0.2, 0) is 0 Å². The van der Waals surface area contributed by atoms with Crippen molar-refractivity contribution in [3.8, 4) is 0 Å². The van der Waals surface area contributed by atoms with E-state index in [9.17, 15) is 9.18 Å². The van der Waals surface area contributed by atoms with Crippen molar-refractivity contribution in [3.63, 3.8) is 0 Å². The molecule has 2 N–H and O–H groups in total. The van der Waals surface area contributed by atoms with Gasteiger partial charge >= 0.3 is 0 Å². The second-order valence-corrected chi connectivity index (χ2v) is 5.57. The van der Waals surface area contributed by atoms with Crippen molar-refractivity contribution in [2.75, 3.05) is 38.5 Å². The topological polar surface area (TPSA) is 77.2 Å². The van der Waals surface area contributed by atoms with E-state index in [4.69, 9.17) is 0 Å². The predicted octanol–water partition coefficient (Wildman–Crippen LogP) is 1.47. The van der Waals surface area contributed by atoms with Crippen molar-refractivity contribution < 1.29 is 9.18 Å². The Hall–Kier alpha value is -2.48. The lowest BCUT2D eigenvalue weighted by atomic mass is 10.3. The zero-order valence-electron chi connectivity index (χ0n) is 12.9. The molecule has 1 saturated heterocycles. The fourth-order valence-electron chi connectivity index (χ4n) is 2.56. The molecule has 122 valence electrons. The van der Waals surface area contributed by atoms with Gasteiger partial charge in [0, 0.05) is 19.6 Å². The number of aromatic nitrogens is 3. The second kappa shape index (κ2) is 6.74. The minimum Gasteiger partial charge on any atom is -0.336 e. The summed E-state index contributed by atoms with van der Waals surface area (Å²) in [7, 11) is 2.04. The molecule has 0 bridgehead atoms. The van der Waals surface area contributed by atoms with Crippen LogP contribution in [0.3, 0.4) is 0 Å². The van der Waals surface area contributed by atoms with Crippen LogP contribution in [0.25, 0.3) is 0 Å². The normalized spacial score (nSPS) is 16.2. The molecule has 0 atom stereocenters. The van der Waals surface area contributed by atoms with Crippen molar-refractivity contribution in [1.82, 2.24) is 25.2 Å². The van der Waals surface area contributed by atoms with Gasteiger partial charge in [-0.3, -0.25) is 4.79 Å². The van der Waals surface area contributed by atoms with E-state index < -0.39 is 5.82 Å². The number of likely N-dealkylation sites (N-methyl/N-ethyl adjacent to an activating group) is 1. The SMILES string of the molecule is CN1CCCN(C(=O)c2n[nH]nc2Nc2ccccc2F)CC1. The molecule has 7 nitrogen and oxygen atoms in total. The minimum atomic E-state index is -0.412. The van der Waals surface area contributed by atoms with E-state index >= 15 is 0 Å². The summed E-state index contributed by atoms with van der Waals surface area (Å²) in [6.07, 6.45) is 0.913. The first-order valence-corrected chi connectivity index (χ1v) is 7.55. The number of carbonyl (C=O) groups is 1. The smallest absolute Gasteiger partial charge is 0.278 e. The molecule has 1 aliphatic heterocycles. The number of hydrogen-bond donors (Lipinski definition) is 2. The number of H-pyrrole nitrogens is 1. The monoisotopic (exact) mass is 318 g/mol. The van der Waals surface area contributed by atoms with Crippen LogP contribution >= 0.6 is 0 Å². The van der Waals surface area contributed by atoms with Gasteiger partial charge in [-0.25, -0.2) is 4.39 Å². The molecule has 8 heteroatoms. The van der Waals surface area contributed by atoms with E-state index in [1.807, 2.05) is 7.05 Å². The van der Waals surface area contributed by atoms with Gasteiger partial charge in [-0.2, -0.15) is 5.21 Å². The third-order valence-electron chi connectivity index (χ3n) is 3.88. The number of rotatable bonds is 3. The molecule has 1 aromatic heterocycles. The first-order valence-electron chi connectivity index (χ1n) is 7.55. The highest BCUT2D eigenvalue weighted by Crippen LogP contribution is 2.21. The van der Waals surface area contributed by atoms with E-state index in [2.05, 4.69) is 25.6 Å². The molecular formula is C15H19FN6O. The number of nitrogens with zero attached hydrogens (tertiary/aromatic N) is 4. The van der Waals surface area contributed by atoms with E-state index in [-0.39, 0.29) is 23.1 Å². The number of carbonyl (C=O) groups excluding carboxylic acids is 1. The van der Waals surface area contributed by atoms with Crippen LogP contribution in [0.15, 0.2) is 24.3 Å². The predicted molar refractivity (Wildman–Crippen MR) is 84.1 cm³/mol. The Morgan fingerprint density at radius 3 is 2.87 bits per heavy atom. The highest BCUT2D eigenvalue weighted by Gasteiger charge is 2.24. The number of para-hydroxylation sites is 1. The maximum absolute atomic E-state index is 13.7. The Kier molecular flexibility index (Phi) is 4.52. The molecule has 1 aliphatic rings. The summed E-state index contributed by atoms with van der Waals surface area (Å²) in [5, 5.41) is 13.1. The summed E-state index contributed by atoms with van der Waals surface area (Å²) in [5.74, 6) is -0.379. The van der Waals surface area contributed by atoms with Gasteiger partial charge in [-0.1, -0.05) is 12.1 Å². The number of nitrogens with one attached hydrogen (secondary N) is 2. The van der Waals surface area contributed by atoms with E-state index in [1.165, 1.54) is 6.07 Å². The lowest BCUT2D eigenvalue weighted by Crippen LogP contribution is -2.35. The van der Waals surface area contributed by atoms with Crippen molar-refractivity contribution in [3.05, 3.63) is 35.8 Å². The molecule has 0 unspecified atom stereocenters. The highest BCUT2D eigenvalue weighted by molar-refractivity contribution is 5.97. The molecule has 0 saturated carbocycles. The molecule has 1 fully saturated rings. The Bertz CT molecular complexity index is 688. The molecule has 0 radical (unpaired) electrons. The third-order valence-corrected chi connectivity index (χ3v) is 3.88. The summed E-state index contributed by atoms with van der Waals surface area (Å²) < 4.78 is 13.7. The molecule has 1 amide bonds. The molecule has 2 aromatic rings. The first-order chi connectivity index (χ1) is 11.1. The molecule has 3 rings (SSSR count). The van der Waals surface area contributed by atoms with E-state index in [1.54, 1.807) is 23.1 Å².